The average molecular weight is 258 g/mol. The van der Waals surface area contributed by atoms with Crippen LogP contribution in [0.1, 0.15) is 41.8 Å². The molecule has 0 spiro atoms. The van der Waals surface area contributed by atoms with Crippen molar-refractivity contribution in [1.82, 2.24) is 5.32 Å². The van der Waals surface area contributed by atoms with Crippen molar-refractivity contribution in [2.75, 3.05) is 13.1 Å². The zero-order chi connectivity index (χ0) is 14.3. The van der Waals surface area contributed by atoms with E-state index in [1.54, 1.807) is 0 Å². The van der Waals surface area contributed by atoms with Gasteiger partial charge in [0.1, 0.15) is 0 Å². The van der Waals surface area contributed by atoms with Crippen LogP contribution in [0.4, 0.5) is 0 Å². The topological polar surface area (TPSA) is 55.1 Å². The van der Waals surface area contributed by atoms with Gasteiger partial charge in [0.05, 0.1) is 6.54 Å². The highest BCUT2D eigenvalue weighted by Gasteiger charge is 2.10. The molecule has 1 aromatic rings. The van der Waals surface area contributed by atoms with Gasteiger partial charge in [-0.05, 0) is 30.5 Å². The number of amides is 1. The van der Waals surface area contributed by atoms with Gasteiger partial charge in [-0.15, -0.1) is 0 Å². The number of nitrogens with two attached hydrogens (primary N) is 1. The Hall–Kier alpha value is -1.79. The van der Waals surface area contributed by atoms with Crippen molar-refractivity contribution in [3.05, 3.63) is 34.9 Å². The smallest absolute Gasteiger partial charge is 0.251 e. The summed E-state index contributed by atoms with van der Waals surface area (Å²) in [6, 6.07) is 5.64. The number of nitrogens with one attached hydrogen (secondary N) is 1. The van der Waals surface area contributed by atoms with Gasteiger partial charge >= 0.3 is 0 Å². The maximum atomic E-state index is 12.1. The summed E-state index contributed by atoms with van der Waals surface area (Å²) in [6.45, 7) is 7.19. The van der Waals surface area contributed by atoms with Crippen molar-refractivity contribution < 1.29 is 4.79 Å². The highest BCUT2D eigenvalue weighted by molar-refractivity contribution is 5.96. The number of aryl methyl sites for hydroxylation is 1. The fraction of sp³-hybridized carbons (Fsp3) is 0.438. The standard InChI is InChI=1S/C16H22N2O/c1-4-12(2)11-18-16(19)15-10-14(6-5-9-17)8-7-13(15)3/h7-8,10,12H,4,9,11,17H2,1-3H3,(H,18,19). The first-order chi connectivity index (χ1) is 9.08. The first kappa shape index (κ1) is 15.3. The number of carbonyl (C=O) groups excluding carboxylic acids is 1. The third-order valence-corrected chi connectivity index (χ3v) is 3.12. The molecule has 0 aliphatic rings. The first-order valence-corrected chi connectivity index (χ1v) is 6.66. The molecule has 1 rings (SSSR count). The van der Waals surface area contributed by atoms with Gasteiger partial charge in [0.15, 0.2) is 0 Å². The third kappa shape index (κ3) is 4.76. The molecule has 3 N–H and O–H groups in total. The van der Waals surface area contributed by atoms with Crippen LogP contribution >= 0.6 is 0 Å². The van der Waals surface area contributed by atoms with Gasteiger partial charge in [0.2, 0.25) is 0 Å². The summed E-state index contributed by atoms with van der Waals surface area (Å²) in [5.41, 5.74) is 7.82. The molecule has 19 heavy (non-hydrogen) atoms. The average Bonchev–Trinajstić information content (AvgIpc) is 2.43. The van der Waals surface area contributed by atoms with Crippen LogP contribution in [0.3, 0.4) is 0 Å². The van der Waals surface area contributed by atoms with E-state index < -0.39 is 0 Å². The molecular weight excluding hydrogens is 236 g/mol. The molecule has 1 atom stereocenters. The summed E-state index contributed by atoms with van der Waals surface area (Å²) >= 11 is 0. The summed E-state index contributed by atoms with van der Waals surface area (Å²) in [6.07, 6.45) is 1.06. The minimum absolute atomic E-state index is 0.0331. The van der Waals surface area contributed by atoms with Crippen molar-refractivity contribution in [3.63, 3.8) is 0 Å². The van der Waals surface area contributed by atoms with E-state index >= 15 is 0 Å². The molecule has 0 aliphatic heterocycles. The quantitative estimate of drug-likeness (QED) is 0.812. The number of benzene rings is 1. The lowest BCUT2D eigenvalue weighted by Crippen LogP contribution is -2.28. The SMILES string of the molecule is CCC(C)CNC(=O)c1cc(C#CCN)ccc1C. The van der Waals surface area contributed by atoms with Gasteiger partial charge in [-0.3, -0.25) is 4.79 Å². The lowest BCUT2D eigenvalue weighted by atomic mass is 10.0. The predicted octanol–water partition coefficient (Wildman–Crippen LogP) is 2.08. The summed E-state index contributed by atoms with van der Waals surface area (Å²) in [5, 5.41) is 2.96. The van der Waals surface area contributed by atoms with E-state index in [1.165, 1.54) is 0 Å². The van der Waals surface area contributed by atoms with Crippen LogP contribution in [0.5, 0.6) is 0 Å². The van der Waals surface area contributed by atoms with Gasteiger partial charge in [-0.2, -0.15) is 0 Å². The minimum atomic E-state index is -0.0331. The lowest BCUT2D eigenvalue weighted by Gasteiger charge is -2.11. The monoisotopic (exact) mass is 258 g/mol. The van der Waals surface area contributed by atoms with Crippen molar-refractivity contribution in [3.8, 4) is 11.8 Å². The molecule has 1 unspecified atom stereocenters. The molecule has 0 radical (unpaired) electrons. The van der Waals surface area contributed by atoms with Crippen LogP contribution in [-0.2, 0) is 0 Å². The Morgan fingerprint density at radius 1 is 1.47 bits per heavy atom. The molecular formula is C16H22N2O. The fourth-order valence-electron chi connectivity index (χ4n) is 1.60. The Bertz CT molecular complexity index is 497. The molecule has 102 valence electrons. The van der Waals surface area contributed by atoms with E-state index in [0.717, 1.165) is 17.5 Å². The Labute approximate surface area is 115 Å². The number of hydrogen-bond donors (Lipinski definition) is 2. The summed E-state index contributed by atoms with van der Waals surface area (Å²) in [4.78, 5) is 12.1. The van der Waals surface area contributed by atoms with Crippen LogP contribution in [-0.4, -0.2) is 19.0 Å². The number of carbonyl (C=O) groups is 1. The van der Waals surface area contributed by atoms with E-state index in [9.17, 15) is 4.79 Å². The number of hydrogen-bond acceptors (Lipinski definition) is 2. The third-order valence-electron chi connectivity index (χ3n) is 3.12. The molecule has 1 amide bonds. The second-order valence-corrected chi connectivity index (χ2v) is 4.76. The van der Waals surface area contributed by atoms with Gasteiger partial charge < -0.3 is 11.1 Å². The molecule has 0 aliphatic carbocycles. The Morgan fingerprint density at radius 2 is 2.21 bits per heavy atom. The van der Waals surface area contributed by atoms with E-state index in [2.05, 4.69) is 31.0 Å². The molecule has 0 saturated heterocycles. The molecule has 0 bridgehead atoms. The van der Waals surface area contributed by atoms with E-state index in [-0.39, 0.29) is 5.91 Å². The van der Waals surface area contributed by atoms with Crippen LogP contribution in [0, 0.1) is 24.7 Å². The highest BCUT2D eigenvalue weighted by Crippen LogP contribution is 2.11. The Kier molecular flexibility index (Phi) is 6.11. The normalized spacial score (nSPS) is 11.4. The van der Waals surface area contributed by atoms with Gasteiger partial charge in [-0.1, -0.05) is 38.2 Å². The van der Waals surface area contributed by atoms with Crippen molar-refractivity contribution in [2.24, 2.45) is 11.7 Å². The van der Waals surface area contributed by atoms with Crippen LogP contribution in [0.25, 0.3) is 0 Å². The van der Waals surface area contributed by atoms with Gasteiger partial charge in [-0.25, -0.2) is 0 Å². The van der Waals surface area contributed by atoms with Crippen LogP contribution in [0.15, 0.2) is 18.2 Å². The number of rotatable bonds is 4. The first-order valence-electron chi connectivity index (χ1n) is 6.66. The second-order valence-electron chi connectivity index (χ2n) is 4.76. The lowest BCUT2D eigenvalue weighted by molar-refractivity contribution is 0.0947. The van der Waals surface area contributed by atoms with Gasteiger partial charge in [0, 0.05) is 17.7 Å². The van der Waals surface area contributed by atoms with E-state index in [0.29, 0.717) is 24.6 Å². The summed E-state index contributed by atoms with van der Waals surface area (Å²) < 4.78 is 0. The van der Waals surface area contributed by atoms with E-state index in [4.69, 9.17) is 5.73 Å². The predicted molar refractivity (Wildman–Crippen MR) is 78.9 cm³/mol. The fourth-order valence-corrected chi connectivity index (χ4v) is 1.60. The van der Waals surface area contributed by atoms with E-state index in [1.807, 2.05) is 25.1 Å². The minimum Gasteiger partial charge on any atom is -0.352 e. The molecule has 3 nitrogen and oxygen atoms in total. The van der Waals surface area contributed by atoms with Crippen LogP contribution in [0.2, 0.25) is 0 Å². The second kappa shape index (κ2) is 7.60. The van der Waals surface area contributed by atoms with Gasteiger partial charge in [0.25, 0.3) is 5.91 Å². The molecule has 1 aromatic carbocycles. The molecule has 0 saturated carbocycles. The van der Waals surface area contributed by atoms with Crippen molar-refractivity contribution >= 4 is 5.91 Å². The largest absolute Gasteiger partial charge is 0.352 e. The maximum Gasteiger partial charge on any atom is 0.251 e. The molecule has 0 fully saturated rings. The molecule has 0 aromatic heterocycles. The summed E-state index contributed by atoms with van der Waals surface area (Å²) in [7, 11) is 0. The van der Waals surface area contributed by atoms with Crippen molar-refractivity contribution in [2.45, 2.75) is 27.2 Å². The van der Waals surface area contributed by atoms with Crippen molar-refractivity contribution in [1.29, 1.82) is 0 Å². The molecule has 3 heteroatoms. The zero-order valence-electron chi connectivity index (χ0n) is 11.9. The summed E-state index contributed by atoms with van der Waals surface area (Å²) in [5.74, 6) is 6.20. The maximum absolute atomic E-state index is 12.1. The Balaban J connectivity index is 2.83. The van der Waals surface area contributed by atoms with Crippen LogP contribution < -0.4 is 11.1 Å². The molecule has 0 heterocycles. The highest BCUT2D eigenvalue weighted by atomic mass is 16.1. The zero-order valence-corrected chi connectivity index (χ0v) is 11.9. The Morgan fingerprint density at radius 3 is 2.84 bits per heavy atom.